The summed E-state index contributed by atoms with van der Waals surface area (Å²) >= 11 is 0. The Morgan fingerprint density at radius 1 is 1.28 bits per heavy atom. The molecule has 1 N–H and O–H groups in total. The largest absolute Gasteiger partial charge is 0.408 e. The summed E-state index contributed by atoms with van der Waals surface area (Å²) in [5.74, 6) is -0.0406. The summed E-state index contributed by atoms with van der Waals surface area (Å²) in [5.41, 5.74) is 1.36. The van der Waals surface area contributed by atoms with Crippen LogP contribution < -0.4 is 5.56 Å². The van der Waals surface area contributed by atoms with Crippen LogP contribution in [0.25, 0.3) is 5.95 Å². The lowest BCUT2D eigenvalue weighted by molar-refractivity contribution is -0.190. The van der Waals surface area contributed by atoms with Crippen LogP contribution in [-0.4, -0.2) is 50.6 Å². The van der Waals surface area contributed by atoms with Crippen molar-refractivity contribution in [2.75, 3.05) is 19.8 Å². The lowest BCUT2D eigenvalue weighted by Crippen LogP contribution is -2.43. The van der Waals surface area contributed by atoms with Crippen molar-refractivity contribution >= 4 is 0 Å². The molecule has 4 rings (SSSR count). The highest BCUT2D eigenvalue weighted by Crippen LogP contribution is 2.41. The highest BCUT2D eigenvalue weighted by molar-refractivity contribution is 5.31. The number of piperidine rings is 1. The molecule has 0 bridgehead atoms. The average molecular weight is 413 g/mol. The fraction of sp³-hybridized carbons (Fsp3) is 0.632. The lowest BCUT2D eigenvalue weighted by Gasteiger charge is -2.37. The topological polar surface area (TPSA) is 66.8 Å². The minimum absolute atomic E-state index is 0.0272. The quantitative estimate of drug-likeness (QED) is 0.783. The number of fused-ring (bicyclic) bond motifs is 1. The van der Waals surface area contributed by atoms with Crippen LogP contribution in [0.2, 0.25) is 0 Å². The van der Waals surface area contributed by atoms with E-state index >= 15 is 0 Å². The van der Waals surface area contributed by atoms with E-state index in [-0.39, 0.29) is 41.8 Å². The van der Waals surface area contributed by atoms with Gasteiger partial charge in [-0.2, -0.15) is 18.3 Å². The summed E-state index contributed by atoms with van der Waals surface area (Å²) in [5, 5.41) is 4.11. The zero-order chi connectivity index (χ0) is 20.8. The van der Waals surface area contributed by atoms with Gasteiger partial charge in [0.2, 0.25) is 5.95 Å². The number of rotatable bonds is 4. The molecule has 0 spiro atoms. The number of nitrogens with zero attached hydrogens (tertiary/aromatic N) is 4. The Morgan fingerprint density at radius 3 is 2.66 bits per heavy atom. The van der Waals surface area contributed by atoms with Crippen LogP contribution in [0.3, 0.4) is 0 Å². The van der Waals surface area contributed by atoms with Gasteiger partial charge in [0, 0.05) is 16.8 Å². The van der Waals surface area contributed by atoms with Crippen LogP contribution in [0.15, 0.2) is 11.0 Å². The highest BCUT2D eigenvalue weighted by Gasteiger charge is 2.47. The fourth-order valence-corrected chi connectivity index (χ4v) is 4.38. The molecule has 10 heteroatoms. The van der Waals surface area contributed by atoms with Gasteiger partial charge in [0.15, 0.2) is 0 Å². The lowest BCUT2D eigenvalue weighted by atomic mass is 9.95. The number of aromatic amines is 1. The molecule has 3 heterocycles. The zero-order valence-electron chi connectivity index (χ0n) is 16.1. The molecule has 0 saturated carbocycles. The molecule has 1 fully saturated rings. The van der Waals surface area contributed by atoms with Crippen LogP contribution in [0.4, 0.5) is 17.6 Å². The van der Waals surface area contributed by atoms with Crippen molar-refractivity contribution in [1.29, 1.82) is 0 Å². The maximum absolute atomic E-state index is 14.0. The van der Waals surface area contributed by atoms with Crippen molar-refractivity contribution in [3.05, 3.63) is 39.1 Å². The Labute approximate surface area is 164 Å². The van der Waals surface area contributed by atoms with E-state index in [4.69, 9.17) is 0 Å². The molecule has 1 unspecified atom stereocenters. The maximum Gasteiger partial charge on any atom is 0.408 e. The molecule has 2 aromatic rings. The van der Waals surface area contributed by atoms with Crippen LogP contribution >= 0.6 is 0 Å². The van der Waals surface area contributed by atoms with Crippen molar-refractivity contribution in [1.82, 2.24) is 24.6 Å². The average Bonchev–Trinajstić information content (AvgIpc) is 3.29. The predicted molar refractivity (Wildman–Crippen MR) is 97.8 cm³/mol. The molecule has 2 aromatic heterocycles. The second kappa shape index (κ2) is 7.55. The third kappa shape index (κ3) is 3.70. The van der Waals surface area contributed by atoms with Gasteiger partial charge >= 0.3 is 6.18 Å². The molecule has 2 aliphatic rings. The van der Waals surface area contributed by atoms with Crippen molar-refractivity contribution < 1.29 is 17.6 Å². The Morgan fingerprint density at radius 2 is 2.00 bits per heavy atom. The number of hydrogen-bond donors (Lipinski definition) is 1. The number of aryl methyl sites for hydroxylation is 1. The van der Waals surface area contributed by atoms with Gasteiger partial charge in [-0.1, -0.05) is 0 Å². The zero-order valence-corrected chi connectivity index (χ0v) is 16.1. The number of hydrogen-bond acceptors (Lipinski definition) is 4. The molecule has 0 amide bonds. The molecular formula is C19H23F4N5O. The van der Waals surface area contributed by atoms with Crippen LogP contribution in [-0.2, 0) is 12.8 Å². The van der Waals surface area contributed by atoms with Gasteiger partial charge < -0.3 is 0 Å². The number of aromatic nitrogens is 4. The Bertz CT molecular complexity index is 943. The molecule has 158 valence electrons. The number of likely N-dealkylation sites (tertiary alicyclic amines) is 1. The van der Waals surface area contributed by atoms with E-state index in [0.717, 1.165) is 6.42 Å². The summed E-state index contributed by atoms with van der Waals surface area (Å²) in [4.78, 5) is 20.7. The molecular weight excluding hydrogens is 390 g/mol. The monoisotopic (exact) mass is 413 g/mol. The van der Waals surface area contributed by atoms with Gasteiger partial charge in [-0.25, -0.2) is 9.67 Å². The third-order valence-electron chi connectivity index (χ3n) is 6.01. The van der Waals surface area contributed by atoms with Gasteiger partial charge in [-0.15, -0.1) is 0 Å². The summed E-state index contributed by atoms with van der Waals surface area (Å²) < 4.78 is 56.1. The van der Waals surface area contributed by atoms with E-state index in [2.05, 4.69) is 15.1 Å². The van der Waals surface area contributed by atoms with Gasteiger partial charge in [-0.3, -0.25) is 19.1 Å². The first kappa shape index (κ1) is 20.1. The number of alkyl halides is 4. The van der Waals surface area contributed by atoms with Gasteiger partial charge in [0.25, 0.3) is 5.56 Å². The Balaban J connectivity index is 1.69. The predicted octanol–water partition coefficient (Wildman–Crippen LogP) is 3.04. The third-order valence-corrected chi connectivity index (χ3v) is 6.01. The van der Waals surface area contributed by atoms with Gasteiger partial charge in [0.1, 0.15) is 6.04 Å². The van der Waals surface area contributed by atoms with Crippen molar-refractivity contribution in [3.63, 3.8) is 0 Å². The minimum Gasteiger partial charge on any atom is -0.291 e. The maximum atomic E-state index is 14.0. The summed E-state index contributed by atoms with van der Waals surface area (Å²) in [7, 11) is 0. The Kier molecular flexibility index (Phi) is 5.22. The van der Waals surface area contributed by atoms with Gasteiger partial charge in [-0.05, 0) is 58.0 Å². The first-order valence-electron chi connectivity index (χ1n) is 9.83. The Hall–Kier alpha value is -2.23. The molecule has 6 nitrogen and oxygen atoms in total. The van der Waals surface area contributed by atoms with Crippen LogP contribution in [0.1, 0.15) is 47.8 Å². The van der Waals surface area contributed by atoms with E-state index in [1.54, 1.807) is 6.92 Å². The molecule has 0 radical (unpaired) electrons. The van der Waals surface area contributed by atoms with Gasteiger partial charge in [0.05, 0.1) is 18.6 Å². The van der Waals surface area contributed by atoms with E-state index in [9.17, 15) is 22.4 Å². The normalized spacial score (nSPS) is 19.5. The van der Waals surface area contributed by atoms with Crippen molar-refractivity contribution in [2.45, 2.75) is 51.2 Å². The second-order valence-corrected chi connectivity index (χ2v) is 7.84. The number of halogens is 4. The van der Waals surface area contributed by atoms with E-state index in [1.807, 2.05) is 0 Å². The van der Waals surface area contributed by atoms with Crippen LogP contribution in [0, 0.1) is 12.8 Å². The second-order valence-electron chi connectivity index (χ2n) is 7.84. The van der Waals surface area contributed by atoms with Crippen molar-refractivity contribution in [3.8, 4) is 5.95 Å². The van der Waals surface area contributed by atoms with E-state index < -0.39 is 18.9 Å². The first-order valence-corrected chi connectivity index (χ1v) is 9.83. The standard InChI is InChI=1S/C19H23F4N5O/c1-11-14(16(19(21,22)23)27-7-5-12(9-20)6-8-27)10-24-28(11)18-25-15-4-2-3-13(15)17(29)26-18/h10,12,16H,2-9H2,1H3,(H,25,26,29). The van der Waals surface area contributed by atoms with E-state index in [0.29, 0.717) is 36.9 Å². The SMILES string of the molecule is Cc1c(C(N2CCC(CF)CC2)C(F)(F)F)cnn1-c1nc2c(c(=O)[nH]1)CCC2. The highest BCUT2D eigenvalue weighted by atomic mass is 19.4. The first-order chi connectivity index (χ1) is 13.8. The van der Waals surface area contributed by atoms with E-state index in [1.165, 1.54) is 15.8 Å². The molecule has 0 aromatic carbocycles. The fourth-order valence-electron chi connectivity index (χ4n) is 4.38. The molecule has 1 atom stereocenters. The van der Waals surface area contributed by atoms with Crippen molar-refractivity contribution in [2.24, 2.45) is 5.92 Å². The van der Waals surface area contributed by atoms with Crippen LogP contribution in [0.5, 0.6) is 0 Å². The molecule has 1 aliphatic heterocycles. The molecule has 1 aliphatic carbocycles. The molecule has 29 heavy (non-hydrogen) atoms. The smallest absolute Gasteiger partial charge is 0.291 e. The minimum atomic E-state index is -4.50. The summed E-state index contributed by atoms with van der Waals surface area (Å²) in [6, 6.07) is -1.82. The number of nitrogens with one attached hydrogen (secondary N) is 1. The number of H-pyrrole nitrogens is 1. The molecule has 1 saturated heterocycles. The summed E-state index contributed by atoms with van der Waals surface area (Å²) in [6.07, 6.45) is -0.336. The summed E-state index contributed by atoms with van der Waals surface area (Å²) in [6.45, 7) is 1.40.